The van der Waals surface area contributed by atoms with Crippen molar-refractivity contribution in [2.75, 3.05) is 12.4 Å². The van der Waals surface area contributed by atoms with Gasteiger partial charge >= 0.3 is 0 Å². The number of methoxy groups -OCH3 is 1. The van der Waals surface area contributed by atoms with Gasteiger partial charge in [-0.25, -0.2) is 0 Å². The third-order valence-corrected chi connectivity index (χ3v) is 3.72. The molecule has 2 aromatic rings. The molecule has 1 aromatic heterocycles. The zero-order valence-electron chi connectivity index (χ0n) is 11.2. The Morgan fingerprint density at radius 1 is 1.25 bits per heavy atom. The van der Waals surface area contributed by atoms with Crippen LogP contribution in [0, 0.1) is 0 Å². The van der Waals surface area contributed by atoms with E-state index >= 15 is 0 Å². The fourth-order valence-corrected chi connectivity index (χ4v) is 2.35. The highest BCUT2D eigenvalue weighted by Gasteiger charge is 2.00. The summed E-state index contributed by atoms with van der Waals surface area (Å²) in [5.74, 6) is 0.806. The summed E-state index contributed by atoms with van der Waals surface area (Å²) >= 11 is 6.83. The van der Waals surface area contributed by atoms with Gasteiger partial charge in [0.15, 0.2) is 5.11 Å². The van der Waals surface area contributed by atoms with E-state index in [9.17, 15) is 0 Å². The van der Waals surface area contributed by atoms with Crippen molar-refractivity contribution in [3.05, 3.63) is 46.7 Å². The Balaban J connectivity index is 1.90. The Morgan fingerprint density at radius 2 is 2.00 bits per heavy atom. The Kier molecular flexibility index (Phi) is 5.09. The zero-order valence-corrected chi connectivity index (χ0v) is 12.8. The van der Waals surface area contributed by atoms with Crippen molar-refractivity contribution in [2.45, 2.75) is 6.92 Å². The van der Waals surface area contributed by atoms with Crippen molar-refractivity contribution in [1.82, 2.24) is 5.43 Å². The van der Waals surface area contributed by atoms with E-state index in [0.29, 0.717) is 5.11 Å². The van der Waals surface area contributed by atoms with E-state index < -0.39 is 0 Å². The predicted octanol–water partition coefficient (Wildman–Crippen LogP) is 3.47. The van der Waals surface area contributed by atoms with Crippen LogP contribution in [-0.4, -0.2) is 17.9 Å². The molecule has 0 spiro atoms. The second-order valence-corrected chi connectivity index (χ2v) is 5.32. The largest absolute Gasteiger partial charge is 0.497 e. The lowest BCUT2D eigenvalue weighted by molar-refractivity contribution is 0.415. The number of hydrogen-bond donors (Lipinski definition) is 2. The number of anilines is 1. The highest BCUT2D eigenvalue weighted by molar-refractivity contribution is 7.80. The van der Waals surface area contributed by atoms with Crippen molar-refractivity contribution >= 4 is 40.1 Å². The summed E-state index contributed by atoms with van der Waals surface area (Å²) in [7, 11) is 1.64. The molecule has 2 N–H and O–H groups in total. The molecule has 20 heavy (non-hydrogen) atoms. The molecule has 0 aliphatic heterocycles. The summed E-state index contributed by atoms with van der Waals surface area (Å²) in [6.45, 7) is 1.94. The summed E-state index contributed by atoms with van der Waals surface area (Å²) in [5, 5.41) is 9.77. The number of benzene rings is 1. The number of nitrogens with zero attached hydrogens (tertiary/aromatic N) is 1. The molecule has 0 amide bonds. The standard InChI is InChI=1S/C14H15N3OS2/c1-10(13-4-3-9-20-13)16-17-14(19)15-11-5-7-12(18-2)8-6-11/h3-9H,1-2H3,(H2,15,17,19)/b16-10-. The van der Waals surface area contributed by atoms with Gasteiger partial charge in [0.05, 0.1) is 12.8 Å². The lowest BCUT2D eigenvalue weighted by Gasteiger charge is -2.08. The van der Waals surface area contributed by atoms with E-state index in [0.717, 1.165) is 22.0 Å². The number of thiophene rings is 1. The summed E-state index contributed by atoms with van der Waals surface area (Å²) in [5.41, 5.74) is 4.61. The number of hydrazone groups is 1. The molecule has 0 aliphatic rings. The molecule has 104 valence electrons. The van der Waals surface area contributed by atoms with Gasteiger partial charge in [-0.1, -0.05) is 6.07 Å². The normalized spacial score (nSPS) is 11.0. The maximum atomic E-state index is 5.19. The van der Waals surface area contributed by atoms with E-state index in [4.69, 9.17) is 17.0 Å². The third kappa shape index (κ3) is 4.04. The van der Waals surface area contributed by atoms with Gasteiger partial charge in [0.25, 0.3) is 0 Å². The number of thiocarbonyl (C=S) groups is 1. The fourth-order valence-electron chi connectivity index (χ4n) is 1.51. The summed E-state index contributed by atoms with van der Waals surface area (Å²) < 4.78 is 5.10. The van der Waals surface area contributed by atoms with E-state index in [1.807, 2.05) is 48.7 Å². The van der Waals surface area contributed by atoms with Crippen molar-refractivity contribution in [3.8, 4) is 5.75 Å². The maximum absolute atomic E-state index is 5.19. The van der Waals surface area contributed by atoms with Gasteiger partial charge in [-0.3, -0.25) is 5.43 Å². The molecule has 0 atom stereocenters. The molecule has 0 fully saturated rings. The van der Waals surface area contributed by atoms with Gasteiger partial charge in [0.2, 0.25) is 0 Å². The van der Waals surface area contributed by atoms with Crippen molar-refractivity contribution < 1.29 is 4.74 Å². The molecular weight excluding hydrogens is 290 g/mol. The van der Waals surface area contributed by atoms with Crippen LogP contribution in [0.1, 0.15) is 11.8 Å². The lowest BCUT2D eigenvalue weighted by atomic mass is 10.3. The summed E-state index contributed by atoms with van der Waals surface area (Å²) in [6, 6.07) is 11.5. The van der Waals surface area contributed by atoms with Crippen molar-refractivity contribution in [3.63, 3.8) is 0 Å². The summed E-state index contributed by atoms with van der Waals surface area (Å²) in [6.07, 6.45) is 0. The van der Waals surface area contributed by atoms with E-state index in [-0.39, 0.29) is 0 Å². The molecule has 1 aromatic carbocycles. The van der Waals surface area contributed by atoms with Crippen LogP contribution in [0.4, 0.5) is 5.69 Å². The molecule has 0 radical (unpaired) electrons. The SMILES string of the molecule is COc1ccc(NC(=S)N/N=C(/C)c2cccs2)cc1. The first-order valence-corrected chi connectivity index (χ1v) is 7.27. The topological polar surface area (TPSA) is 45.6 Å². The molecule has 6 heteroatoms. The van der Waals surface area contributed by atoms with Crippen LogP contribution in [0.25, 0.3) is 0 Å². The fraction of sp³-hybridized carbons (Fsp3) is 0.143. The predicted molar refractivity (Wildman–Crippen MR) is 88.9 cm³/mol. The van der Waals surface area contributed by atoms with Crippen LogP contribution >= 0.6 is 23.6 Å². The summed E-state index contributed by atoms with van der Waals surface area (Å²) in [4.78, 5) is 1.12. The molecule has 0 saturated heterocycles. The molecule has 0 bridgehead atoms. The Bertz CT molecular complexity index is 591. The highest BCUT2D eigenvalue weighted by Crippen LogP contribution is 2.14. The van der Waals surface area contributed by atoms with Crippen LogP contribution < -0.4 is 15.5 Å². The van der Waals surface area contributed by atoms with Crippen LogP contribution in [0.3, 0.4) is 0 Å². The monoisotopic (exact) mass is 305 g/mol. The van der Waals surface area contributed by atoms with Gasteiger partial charge in [-0.05, 0) is 54.9 Å². The Labute approximate surface area is 127 Å². The van der Waals surface area contributed by atoms with Crippen LogP contribution in [0.15, 0.2) is 46.9 Å². The second kappa shape index (κ2) is 7.02. The minimum Gasteiger partial charge on any atom is -0.497 e. The van der Waals surface area contributed by atoms with E-state index in [2.05, 4.69) is 15.8 Å². The van der Waals surface area contributed by atoms with Gasteiger partial charge < -0.3 is 10.1 Å². The number of ether oxygens (including phenoxy) is 1. The number of rotatable bonds is 4. The molecule has 0 aliphatic carbocycles. The molecular formula is C14H15N3OS2. The molecule has 0 unspecified atom stereocenters. The van der Waals surface area contributed by atoms with Crippen molar-refractivity contribution in [2.24, 2.45) is 5.10 Å². The second-order valence-electron chi connectivity index (χ2n) is 3.97. The van der Waals surface area contributed by atoms with E-state index in [1.165, 1.54) is 0 Å². The number of hydrogen-bond acceptors (Lipinski definition) is 4. The zero-order chi connectivity index (χ0) is 14.4. The molecule has 2 rings (SSSR count). The molecule has 1 heterocycles. The smallest absolute Gasteiger partial charge is 0.191 e. The molecule has 4 nitrogen and oxygen atoms in total. The van der Waals surface area contributed by atoms with Crippen LogP contribution in [-0.2, 0) is 0 Å². The molecule has 0 saturated carbocycles. The van der Waals surface area contributed by atoms with Gasteiger partial charge in [0, 0.05) is 10.6 Å². The minimum absolute atomic E-state index is 0.450. The Hall–Kier alpha value is -1.92. The third-order valence-electron chi connectivity index (χ3n) is 2.55. The highest BCUT2D eigenvalue weighted by atomic mass is 32.1. The average Bonchev–Trinajstić information content (AvgIpc) is 3.00. The first-order valence-electron chi connectivity index (χ1n) is 5.98. The maximum Gasteiger partial charge on any atom is 0.191 e. The van der Waals surface area contributed by atoms with Crippen molar-refractivity contribution in [1.29, 1.82) is 0 Å². The average molecular weight is 305 g/mol. The quantitative estimate of drug-likeness (QED) is 0.516. The van der Waals surface area contributed by atoms with Gasteiger partial charge in [-0.2, -0.15) is 5.10 Å². The number of nitrogens with one attached hydrogen (secondary N) is 2. The first kappa shape index (κ1) is 14.5. The van der Waals surface area contributed by atoms with Gasteiger partial charge in [-0.15, -0.1) is 11.3 Å². The van der Waals surface area contributed by atoms with E-state index in [1.54, 1.807) is 18.4 Å². The van der Waals surface area contributed by atoms with Gasteiger partial charge in [0.1, 0.15) is 5.75 Å². The first-order chi connectivity index (χ1) is 9.69. The minimum atomic E-state index is 0.450. The Morgan fingerprint density at radius 3 is 2.60 bits per heavy atom. The lowest BCUT2D eigenvalue weighted by Crippen LogP contribution is -2.24. The van der Waals surface area contributed by atoms with Crippen LogP contribution in [0.5, 0.6) is 5.75 Å². The van der Waals surface area contributed by atoms with Crippen LogP contribution in [0.2, 0.25) is 0 Å².